The molecule has 114 valence electrons. The van der Waals surface area contributed by atoms with Gasteiger partial charge in [0.05, 0.1) is 0 Å². The lowest BCUT2D eigenvalue weighted by molar-refractivity contribution is -0.133. The highest BCUT2D eigenvalue weighted by molar-refractivity contribution is 5.98. The number of nitrogens with zero attached hydrogens (tertiary/aromatic N) is 2. The maximum absolute atomic E-state index is 12.6. The lowest BCUT2D eigenvalue weighted by Crippen LogP contribution is -2.63. The first-order valence-corrected chi connectivity index (χ1v) is 7.27. The van der Waals surface area contributed by atoms with E-state index in [1.807, 2.05) is 6.07 Å². The summed E-state index contributed by atoms with van der Waals surface area (Å²) in [6.07, 6.45) is 2.62. The molecule has 0 spiro atoms. The van der Waals surface area contributed by atoms with Gasteiger partial charge in [-0.05, 0) is 32.4 Å². The lowest BCUT2D eigenvalue weighted by atomic mass is 9.98. The smallest absolute Gasteiger partial charge is 0.273 e. The fourth-order valence-corrected chi connectivity index (χ4v) is 2.32. The third-order valence-corrected chi connectivity index (χ3v) is 3.65. The van der Waals surface area contributed by atoms with Crippen molar-refractivity contribution in [3.63, 3.8) is 0 Å². The van der Waals surface area contributed by atoms with Crippen LogP contribution < -0.4 is 10.6 Å². The van der Waals surface area contributed by atoms with Crippen molar-refractivity contribution in [3.05, 3.63) is 24.0 Å². The Morgan fingerprint density at radius 2 is 2.29 bits per heavy atom. The molecule has 0 aliphatic carbocycles. The van der Waals surface area contributed by atoms with E-state index < -0.39 is 5.54 Å². The van der Waals surface area contributed by atoms with Crippen LogP contribution in [-0.2, 0) is 4.79 Å². The molecule has 2 rings (SSSR count). The minimum atomic E-state index is -0.857. The molecule has 1 aliphatic heterocycles. The van der Waals surface area contributed by atoms with E-state index in [4.69, 9.17) is 0 Å². The quantitative estimate of drug-likeness (QED) is 0.875. The fourth-order valence-electron chi connectivity index (χ4n) is 2.32. The summed E-state index contributed by atoms with van der Waals surface area (Å²) < 4.78 is 0. The molecule has 0 bridgehead atoms. The summed E-state index contributed by atoms with van der Waals surface area (Å²) in [6.45, 7) is 7.38. The Hall–Kier alpha value is -2.11. The minimum absolute atomic E-state index is 0.137. The molecule has 1 aromatic rings. The first-order valence-electron chi connectivity index (χ1n) is 7.27. The van der Waals surface area contributed by atoms with Crippen LogP contribution in [0.25, 0.3) is 0 Å². The first kappa shape index (κ1) is 15.3. The molecular formula is C15H22N4O2. The number of hydrogen-bond donors (Lipinski definition) is 2. The summed E-state index contributed by atoms with van der Waals surface area (Å²) in [5.41, 5.74) is 0.373. The molecule has 2 amide bonds. The van der Waals surface area contributed by atoms with Gasteiger partial charge < -0.3 is 15.5 Å². The summed E-state index contributed by atoms with van der Waals surface area (Å²) in [4.78, 5) is 30.3. The molecule has 1 aliphatic rings. The molecule has 2 N–H and O–H groups in total. The average molecular weight is 290 g/mol. The Bertz CT molecular complexity index is 542. The lowest BCUT2D eigenvalue weighted by Gasteiger charge is -2.40. The Morgan fingerprint density at radius 3 is 3.00 bits per heavy atom. The molecule has 6 heteroatoms. The number of hydrogen-bond acceptors (Lipinski definition) is 4. The standard InChI is InChI=1S/C15H22N4O2/c1-4-6-16-11-5-7-17-12(10-11)13(20)19-9-8-18-14(21)15(19,2)3/h5,7,10H,4,6,8-9H2,1-3H3,(H,16,17)(H,18,21). The van der Waals surface area contributed by atoms with Crippen LogP contribution in [0.4, 0.5) is 5.69 Å². The van der Waals surface area contributed by atoms with E-state index in [0.29, 0.717) is 18.8 Å². The predicted octanol–water partition coefficient (Wildman–Crippen LogP) is 1.25. The van der Waals surface area contributed by atoms with Crippen LogP contribution >= 0.6 is 0 Å². The third-order valence-electron chi connectivity index (χ3n) is 3.65. The van der Waals surface area contributed by atoms with Crippen molar-refractivity contribution in [2.45, 2.75) is 32.7 Å². The SMILES string of the molecule is CCCNc1ccnc(C(=O)N2CCNC(=O)C2(C)C)c1. The van der Waals surface area contributed by atoms with Gasteiger partial charge in [-0.3, -0.25) is 14.6 Å². The number of amides is 2. The maximum atomic E-state index is 12.6. The number of carbonyl (C=O) groups is 2. The third kappa shape index (κ3) is 3.15. The summed E-state index contributed by atoms with van der Waals surface area (Å²) in [5.74, 6) is -0.350. The highest BCUT2D eigenvalue weighted by Crippen LogP contribution is 2.21. The summed E-state index contributed by atoms with van der Waals surface area (Å²) in [6, 6.07) is 3.57. The summed E-state index contributed by atoms with van der Waals surface area (Å²) in [7, 11) is 0. The molecule has 21 heavy (non-hydrogen) atoms. The molecule has 0 atom stereocenters. The molecule has 0 saturated carbocycles. The van der Waals surface area contributed by atoms with Crippen LogP contribution in [0.1, 0.15) is 37.7 Å². The van der Waals surface area contributed by atoms with Gasteiger partial charge in [-0.25, -0.2) is 0 Å². The van der Waals surface area contributed by atoms with E-state index in [9.17, 15) is 9.59 Å². The van der Waals surface area contributed by atoms with Gasteiger partial charge in [0.25, 0.3) is 5.91 Å². The van der Waals surface area contributed by atoms with Gasteiger partial charge in [0, 0.05) is 31.5 Å². The molecule has 2 heterocycles. The Morgan fingerprint density at radius 1 is 1.52 bits per heavy atom. The molecule has 0 unspecified atom stereocenters. The number of nitrogens with one attached hydrogen (secondary N) is 2. The monoisotopic (exact) mass is 290 g/mol. The highest BCUT2D eigenvalue weighted by atomic mass is 16.2. The van der Waals surface area contributed by atoms with Crippen molar-refractivity contribution in [2.75, 3.05) is 25.0 Å². The van der Waals surface area contributed by atoms with Crippen molar-refractivity contribution < 1.29 is 9.59 Å². The van der Waals surface area contributed by atoms with Gasteiger partial charge in [-0.2, -0.15) is 0 Å². The molecule has 1 saturated heterocycles. The average Bonchev–Trinajstić information content (AvgIpc) is 2.47. The molecule has 1 aromatic heterocycles. The zero-order valence-corrected chi connectivity index (χ0v) is 12.8. The van der Waals surface area contributed by atoms with E-state index in [1.165, 1.54) is 0 Å². The molecule has 6 nitrogen and oxygen atoms in total. The molecular weight excluding hydrogens is 268 g/mol. The molecule has 1 fully saturated rings. The van der Waals surface area contributed by atoms with E-state index in [0.717, 1.165) is 18.7 Å². The Balaban J connectivity index is 2.21. The first-order chi connectivity index (χ1) is 9.96. The number of aromatic nitrogens is 1. The molecule has 0 radical (unpaired) electrons. The van der Waals surface area contributed by atoms with Gasteiger partial charge in [0.1, 0.15) is 11.2 Å². The van der Waals surface area contributed by atoms with Gasteiger partial charge in [-0.1, -0.05) is 6.92 Å². The van der Waals surface area contributed by atoms with Crippen molar-refractivity contribution in [1.82, 2.24) is 15.2 Å². The predicted molar refractivity (Wildman–Crippen MR) is 81.1 cm³/mol. The number of rotatable bonds is 4. The topological polar surface area (TPSA) is 74.3 Å². The molecule has 0 aromatic carbocycles. The second-order valence-electron chi connectivity index (χ2n) is 5.63. The van der Waals surface area contributed by atoms with Gasteiger partial charge in [0.2, 0.25) is 5.91 Å². The van der Waals surface area contributed by atoms with Crippen LogP contribution in [-0.4, -0.2) is 46.9 Å². The van der Waals surface area contributed by atoms with Crippen molar-refractivity contribution in [3.8, 4) is 0 Å². The second kappa shape index (κ2) is 6.11. The summed E-state index contributed by atoms with van der Waals surface area (Å²) >= 11 is 0. The van der Waals surface area contributed by atoms with Crippen molar-refractivity contribution >= 4 is 17.5 Å². The van der Waals surface area contributed by atoms with Gasteiger partial charge in [-0.15, -0.1) is 0 Å². The second-order valence-corrected chi connectivity index (χ2v) is 5.63. The maximum Gasteiger partial charge on any atom is 0.273 e. The zero-order valence-electron chi connectivity index (χ0n) is 12.8. The van der Waals surface area contributed by atoms with Crippen LogP contribution in [0.2, 0.25) is 0 Å². The van der Waals surface area contributed by atoms with Crippen LogP contribution in [0.3, 0.4) is 0 Å². The Kier molecular flexibility index (Phi) is 4.45. The van der Waals surface area contributed by atoms with Crippen LogP contribution in [0.5, 0.6) is 0 Å². The van der Waals surface area contributed by atoms with E-state index in [1.54, 1.807) is 31.0 Å². The highest BCUT2D eigenvalue weighted by Gasteiger charge is 2.41. The van der Waals surface area contributed by atoms with Crippen LogP contribution in [0, 0.1) is 0 Å². The normalized spacial score (nSPS) is 17.3. The van der Waals surface area contributed by atoms with Crippen molar-refractivity contribution in [2.24, 2.45) is 0 Å². The zero-order chi connectivity index (χ0) is 15.5. The number of piperazine rings is 1. The summed E-state index contributed by atoms with van der Waals surface area (Å²) in [5, 5.41) is 6.01. The van der Waals surface area contributed by atoms with Crippen molar-refractivity contribution in [1.29, 1.82) is 0 Å². The largest absolute Gasteiger partial charge is 0.385 e. The van der Waals surface area contributed by atoms with E-state index >= 15 is 0 Å². The number of anilines is 1. The van der Waals surface area contributed by atoms with E-state index in [-0.39, 0.29) is 11.8 Å². The van der Waals surface area contributed by atoms with E-state index in [2.05, 4.69) is 22.5 Å². The minimum Gasteiger partial charge on any atom is -0.385 e. The number of pyridine rings is 1. The van der Waals surface area contributed by atoms with Crippen LogP contribution in [0.15, 0.2) is 18.3 Å². The van der Waals surface area contributed by atoms with Gasteiger partial charge in [0.15, 0.2) is 0 Å². The number of carbonyl (C=O) groups excluding carboxylic acids is 2. The Labute approximate surface area is 124 Å². The van der Waals surface area contributed by atoms with Gasteiger partial charge >= 0.3 is 0 Å². The fraction of sp³-hybridized carbons (Fsp3) is 0.533.